The van der Waals surface area contributed by atoms with Crippen LogP contribution in [-0.4, -0.2) is 30.9 Å². The number of carbonyl (C=O) groups is 1. The van der Waals surface area contributed by atoms with E-state index in [1.165, 1.54) is 5.56 Å². The van der Waals surface area contributed by atoms with Crippen LogP contribution in [-0.2, 0) is 6.54 Å². The SMILES string of the molecule is CN(Cc1ccccc1)CC1COc2ccccc2C1=O. The first-order valence-corrected chi connectivity index (χ1v) is 7.22. The van der Waals surface area contributed by atoms with Crippen molar-refractivity contribution in [3.8, 4) is 5.75 Å². The largest absolute Gasteiger partial charge is 0.492 e. The fourth-order valence-corrected chi connectivity index (χ4v) is 2.75. The molecule has 2 aromatic carbocycles. The zero-order valence-electron chi connectivity index (χ0n) is 12.2. The first-order valence-electron chi connectivity index (χ1n) is 7.22. The summed E-state index contributed by atoms with van der Waals surface area (Å²) in [5, 5.41) is 0. The van der Waals surface area contributed by atoms with Gasteiger partial charge in [0, 0.05) is 13.1 Å². The molecule has 0 radical (unpaired) electrons. The summed E-state index contributed by atoms with van der Waals surface area (Å²) >= 11 is 0. The summed E-state index contributed by atoms with van der Waals surface area (Å²) in [5.74, 6) is 0.815. The molecule has 1 unspecified atom stereocenters. The van der Waals surface area contributed by atoms with Crippen molar-refractivity contribution in [1.29, 1.82) is 0 Å². The Morgan fingerprint density at radius 1 is 1.10 bits per heavy atom. The highest BCUT2D eigenvalue weighted by molar-refractivity contribution is 6.01. The molecule has 0 aromatic heterocycles. The Morgan fingerprint density at radius 3 is 2.62 bits per heavy atom. The molecule has 1 atom stereocenters. The number of hydrogen-bond acceptors (Lipinski definition) is 3. The number of rotatable bonds is 4. The third-order valence-corrected chi connectivity index (χ3v) is 3.79. The lowest BCUT2D eigenvalue weighted by molar-refractivity contribution is 0.0780. The monoisotopic (exact) mass is 281 g/mol. The van der Waals surface area contributed by atoms with E-state index in [4.69, 9.17) is 4.74 Å². The zero-order valence-corrected chi connectivity index (χ0v) is 12.2. The van der Waals surface area contributed by atoms with E-state index in [-0.39, 0.29) is 11.7 Å². The third-order valence-electron chi connectivity index (χ3n) is 3.79. The van der Waals surface area contributed by atoms with Crippen molar-refractivity contribution in [3.63, 3.8) is 0 Å². The molecule has 21 heavy (non-hydrogen) atoms. The van der Waals surface area contributed by atoms with Crippen LogP contribution in [0, 0.1) is 5.92 Å². The highest BCUT2D eigenvalue weighted by Gasteiger charge is 2.29. The quantitative estimate of drug-likeness (QED) is 0.863. The Morgan fingerprint density at radius 2 is 1.81 bits per heavy atom. The smallest absolute Gasteiger partial charge is 0.174 e. The van der Waals surface area contributed by atoms with Crippen LogP contribution in [0.5, 0.6) is 5.75 Å². The minimum absolute atomic E-state index is 0.0892. The maximum absolute atomic E-state index is 12.5. The highest BCUT2D eigenvalue weighted by atomic mass is 16.5. The molecule has 0 fully saturated rings. The van der Waals surface area contributed by atoms with Gasteiger partial charge in [0.05, 0.1) is 18.1 Å². The van der Waals surface area contributed by atoms with Crippen LogP contribution in [0.3, 0.4) is 0 Å². The summed E-state index contributed by atoms with van der Waals surface area (Å²) in [7, 11) is 2.04. The topological polar surface area (TPSA) is 29.5 Å². The van der Waals surface area contributed by atoms with Gasteiger partial charge in [-0.2, -0.15) is 0 Å². The van der Waals surface area contributed by atoms with Crippen molar-refractivity contribution in [2.24, 2.45) is 5.92 Å². The number of para-hydroxylation sites is 1. The third kappa shape index (κ3) is 3.14. The van der Waals surface area contributed by atoms with Gasteiger partial charge in [-0.25, -0.2) is 0 Å². The van der Waals surface area contributed by atoms with E-state index in [1.807, 2.05) is 49.5 Å². The summed E-state index contributed by atoms with van der Waals surface area (Å²) < 4.78 is 5.71. The minimum atomic E-state index is -0.0892. The Balaban J connectivity index is 1.65. The van der Waals surface area contributed by atoms with Gasteiger partial charge < -0.3 is 9.64 Å². The summed E-state index contributed by atoms with van der Waals surface area (Å²) in [5.41, 5.74) is 1.96. The Labute approximate surface area is 125 Å². The van der Waals surface area contributed by atoms with Gasteiger partial charge >= 0.3 is 0 Å². The van der Waals surface area contributed by atoms with Gasteiger partial charge in [0.25, 0.3) is 0 Å². The Bertz CT molecular complexity index is 624. The lowest BCUT2D eigenvalue weighted by Gasteiger charge is -2.27. The number of Topliss-reactive ketones (excluding diaryl/α,β-unsaturated/α-hetero) is 1. The molecule has 3 nitrogen and oxygen atoms in total. The van der Waals surface area contributed by atoms with E-state index in [9.17, 15) is 4.79 Å². The van der Waals surface area contributed by atoms with E-state index in [2.05, 4.69) is 17.0 Å². The van der Waals surface area contributed by atoms with Gasteiger partial charge in [0.15, 0.2) is 5.78 Å². The van der Waals surface area contributed by atoms with Crippen molar-refractivity contribution in [2.45, 2.75) is 6.54 Å². The Hall–Kier alpha value is -2.13. The number of ketones is 1. The number of ether oxygens (including phenoxy) is 1. The van der Waals surface area contributed by atoms with Gasteiger partial charge in [0.2, 0.25) is 0 Å². The maximum atomic E-state index is 12.5. The van der Waals surface area contributed by atoms with Gasteiger partial charge in [-0.1, -0.05) is 42.5 Å². The molecule has 0 spiro atoms. The van der Waals surface area contributed by atoms with Crippen LogP contribution < -0.4 is 4.74 Å². The number of hydrogen-bond donors (Lipinski definition) is 0. The van der Waals surface area contributed by atoms with Crippen molar-refractivity contribution < 1.29 is 9.53 Å². The molecule has 0 bridgehead atoms. The molecular formula is C18H19NO2. The first kappa shape index (κ1) is 13.8. The number of benzene rings is 2. The average Bonchev–Trinajstić information content (AvgIpc) is 2.51. The molecule has 1 heterocycles. The van der Waals surface area contributed by atoms with Crippen molar-refractivity contribution in [3.05, 3.63) is 65.7 Å². The second-order valence-corrected chi connectivity index (χ2v) is 5.55. The van der Waals surface area contributed by atoms with E-state index in [0.717, 1.165) is 6.54 Å². The van der Waals surface area contributed by atoms with Gasteiger partial charge in [-0.3, -0.25) is 4.79 Å². The summed E-state index contributed by atoms with van der Waals surface area (Å²) in [4.78, 5) is 14.7. The molecule has 1 aliphatic rings. The van der Waals surface area contributed by atoms with Gasteiger partial charge in [-0.05, 0) is 24.7 Å². The molecular weight excluding hydrogens is 262 g/mol. The number of nitrogens with zero attached hydrogens (tertiary/aromatic N) is 1. The molecule has 1 aliphatic heterocycles. The van der Waals surface area contributed by atoms with Gasteiger partial charge in [0.1, 0.15) is 5.75 Å². The molecule has 0 aliphatic carbocycles. The average molecular weight is 281 g/mol. The molecule has 108 valence electrons. The second kappa shape index (κ2) is 6.10. The summed E-state index contributed by atoms with van der Waals surface area (Å²) in [6.45, 7) is 2.02. The van der Waals surface area contributed by atoms with E-state index in [1.54, 1.807) is 0 Å². The minimum Gasteiger partial charge on any atom is -0.492 e. The van der Waals surface area contributed by atoms with Gasteiger partial charge in [-0.15, -0.1) is 0 Å². The molecule has 3 heteroatoms. The van der Waals surface area contributed by atoms with Crippen LogP contribution in [0.4, 0.5) is 0 Å². The van der Waals surface area contributed by atoms with Crippen LogP contribution in [0.15, 0.2) is 54.6 Å². The van der Waals surface area contributed by atoms with Crippen molar-refractivity contribution >= 4 is 5.78 Å². The van der Waals surface area contributed by atoms with Crippen LogP contribution in [0.2, 0.25) is 0 Å². The number of carbonyl (C=O) groups excluding carboxylic acids is 1. The van der Waals surface area contributed by atoms with Crippen molar-refractivity contribution in [2.75, 3.05) is 20.2 Å². The normalized spacial score (nSPS) is 17.4. The fourth-order valence-electron chi connectivity index (χ4n) is 2.75. The van der Waals surface area contributed by atoms with E-state index >= 15 is 0 Å². The predicted octanol–water partition coefficient (Wildman–Crippen LogP) is 3.01. The molecule has 0 saturated carbocycles. The van der Waals surface area contributed by atoms with Crippen LogP contribution in [0.1, 0.15) is 15.9 Å². The molecule has 2 aromatic rings. The number of fused-ring (bicyclic) bond motifs is 1. The van der Waals surface area contributed by atoms with Crippen LogP contribution in [0.25, 0.3) is 0 Å². The lowest BCUT2D eigenvalue weighted by Crippen LogP contribution is -2.36. The molecule has 0 saturated heterocycles. The second-order valence-electron chi connectivity index (χ2n) is 5.55. The Kier molecular flexibility index (Phi) is 4.02. The summed E-state index contributed by atoms with van der Waals surface area (Å²) in [6.07, 6.45) is 0. The summed E-state index contributed by atoms with van der Waals surface area (Å²) in [6, 6.07) is 17.8. The molecule has 0 N–H and O–H groups in total. The van der Waals surface area contributed by atoms with E-state index < -0.39 is 0 Å². The fraction of sp³-hybridized carbons (Fsp3) is 0.278. The standard InChI is InChI=1S/C18H19NO2/c1-19(11-14-7-3-2-4-8-14)12-15-13-21-17-10-6-5-9-16(17)18(15)20/h2-10,15H,11-13H2,1H3. The molecule has 0 amide bonds. The van der Waals surface area contributed by atoms with Crippen LogP contribution >= 0.6 is 0 Å². The maximum Gasteiger partial charge on any atom is 0.174 e. The van der Waals surface area contributed by atoms with Crippen molar-refractivity contribution in [1.82, 2.24) is 4.90 Å². The zero-order chi connectivity index (χ0) is 14.7. The highest BCUT2D eigenvalue weighted by Crippen LogP contribution is 2.27. The van der Waals surface area contributed by atoms with E-state index in [0.29, 0.717) is 24.5 Å². The lowest BCUT2D eigenvalue weighted by atomic mass is 9.94. The molecule has 3 rings (SSSR count). The first-order chi connectivity index (χ1) is 10.2. The predicted molar refractivity (Wildman–Crippen MR) is 82.5 cm³/mol.